The molecule has 0 heterocycles. The number of benzene rings is 2. The summed E-state index contributed by atoms with van der Waals surface area (Å²) < 4.78 is 38.3. The fraction of sp³-hybridized carbons (Fsp3) is 0.353. The van der Waals surface area contributed by atoms with Gasteiger partial charge in [-0.2, -0.15) is 0 Å². The van der Waals surface area contributed by atoms with Gasteiger partial charge in [0.1, 0.15) is 18.7 Å². The van der Waals surface area contributed by atoms with Crippen LogP contribution in [0.15, 0.2) is 84.3 Å². The third kappa shape index (κ3) is 15.1. The van der Waals surface area contributed by atoms with Crippen molar-refractivity contribution in [1.29, 1.82) is 0 Å². The van der Waals surface area contributed by atoms with Gasteiger partial charge in [0, 0.05) is 24.1 Å². The first-order valence-electron chi connectivity index (χ1n) is 15.5. The highest BCUT2D eigenvalue weighted by atomic mass is 32.2. The lowest BCUT2D eigenvalue weighted by Gasteiger charge is -2.24. The average molecular weight is 715 g/mol. The Morgan fingerprint density at radius 3 is 2.04 bits per heavy atom. The molecular formula is C34H42N4O11S. The lowest BCUT2D eigenvalue weighted by Crippen LogP contribution is -2.52. The van der Waals surface area contributed by atoms with Crippen LogP contribution in [-0.4, -0.2) is 82.3 Å². The molecule has 0 fully saturated rings. The van der Waals surface area contributed by atoms with Crippen LogP contribution in [0.2, 0.25) is 0 Å². The molecule has 0 aliphatic heterocycles. The molecule has 0 saturated heterocycles. The zero-order chi connectivity index (χ0) is 37.1. The number of hydrogen-bond acceptors (Lipinski definition) is 11. The Hall–Kier alpha value is -5.51. The number of alkyl carbamates (subject to hydrolysis) is 1. The average Bonchev–Trinajstić information content (AvgIpc) is 3.09. The molecule has 0 spiro atoms. The summed E-state index contributed by atoms with van der Waals surface area (Å²) in [5.41, 5.74) is 0.507. The van der Waals surface area contributed by atoms with Crippen LogP contribution in [0.3, 0.4) is 0 Å². The van der Waals surface area contributed by atoms with Crippen molar-refractivity contribution in [2.45, 2.75) is 51.4 Å². The van der Waals surface area contributed by atoms with Crippen molar-refractivity contribution in [3.63, 3.8) is 0 Å². The monoisotopic (exact) mass is 714 g/mol. The maximum atomic E-state index is 13.6. The number of sulfone groups is 1. The predicted molar refractivity (Wildman–Crippen MR) is 181 cm³/mol. The summed E-state index contributed by atoms with van der Waals surface area (Å²) in [4.78, 5) is 76.9. The van der Waals surface area contributed by atoms with Crippen LogP contribution < -0.4 is 21.3 Å². The maximum Gasteiger partial charge on any atom is 0.408 e. The van der Waals surface area contributed by atoms with Crippen LogP contribution in [0.25, 0.3) is 0 Å². The molecule has 2 rings (SSSR count). The van der Waals surface area contributed by atoms with Gasteiger partial charge in [-0.1, -0.05) is 73.3 Å². The van der Waals surface area contributed by atoms with Gasteiger partial charge in [-0.3, -0.25) is 19.2 Å². The largest absolute Gasteiger partial charge is 0.466 e. The zero-order valence-electron chi connectivity index (χ0n) is 28.0. The minimum absolute atomic E-state index is 0.0137. The van der Waals surface area contributed by atoms with Crippen LogP contribution >= 0.6 is 0 Å². The standard InChI is InChI=1S/C34H42N4O11S/c1-5-47-28(40)18-17-26(19-20-50(4,45)46)36-27(39)21-35-31(41)30(25-15-11-8-12-16-25)37-32(42)29(23(3)33(43)48-6-2)38-34(44)49-22-24-13-9-7-10-14-24/h7-16,19-20,26,29-30H,3,5-6,17-18,21-22H2,1-2,4H3,(H,35,41)(H,36,39)(H,37,42)(H,38,44)/b20-19+/t26-,29-,30-/m0/s1. The Morgan fingerprint density at radius 1 is 0.820 bits per heavy atom. The second-order valence-electron chi connectivity index (χ2n) is 10.6. The number of esters is 2. The summed E-state index contributed by atoms with van der Waals surface area (Å²) in [7, 11) is -3.56. The van der Waals surface area contributed by atoms with E-state index >= 15 is 0 Å². The molecule has 2 aromatic rings. The molecule has 15 nitrogen and oxygen atoms in total. The lowest BCUT2D eigenvalue weighted by atomic mass is 10.0. The Morgan fingerprint density at radius 2 is 1.44 bits per heavy atom. The van der Waals surface area contributed by atoms with Crippen molar-refractivity contribution in [3.05, 3.63) is 95.4 Å². The lowest BCUT2D eigenvalue weighted by molar-refractivity contribution is -0.143. The van der Waals surface area contributed by atoms with Crippen molar-refractivity contribution in [1.82, 2.24) is 21.3 Å². The van der Waals surface area contributed by atoms with Crippen molar-refractivity contribution >= 4 is 45.6 Å². The molecule has 4 amide bonds. The maximum absolute atomic E-state index is 13.6. The van der Waals surface area contributed by atoms with Gasteiger partial charge in [-0.05, 0) is 31.4 Å². The molecule has 0 radical (unpaired) electrons. The summed E-state index contributed by atoms with van der Waals surface area (Å²) in [6.45, 7) is 6.13. The SMILES string of the molecule is C=C(C(=O)OCC)[C@H](NC(=O)OCc1ccccc1)C(=O)N[C@H](C(=O)NCC(=O)N[C@H](/C=C/S(C)(=O)=O)CCC(=O)OCC)c1ccccc1. The molecule has 0 unspecified atom stereocenters. The quantitative estimate of drug-likeness (QED) is 0.0935. The minimum atomic E-state index is -3.56. The van der Waals surface area contributed by atoms with Crippen molar-refractivity contribution in [2.24, 2.45) is 0 Å². The highest BCUT2D eigenvalue weighted by Crippen LogP contribution is 2.15. The van der Waals surface area contributed by atoms with Crippen molar-refractivity contribution < 1.29 is 51.4 Å². The van der Waals surface area contributed by atoms with Crippen molar-refractivity contribution in [3.8, 4) is 0 Å². The van der Waals surface area contributed by atoms with E-state index in [1.165, 1.54) is 18.2 Å². The van der Waals surface area contributed by atoms with E-state index in [-0.39, 0.29) is 38.2 Å². The summed E-state index contributed by atoms with van der Waals surface area (Å²) in [5.74, 6) is -4.12. The highest BCUT2D eigenvalue weighted by Gasteiger charge is 2.33. The van der Waals surface area contributed by atoms with E-state index in [0.29, 0.717) is 5.56 Å². The number of ether oxygens (including phenoxy) is 3. The molecule has 0 aromatic heterocycles. The third-order valence-corrected chi connectivity index (χ3v) is 7.25. The van der Waals surface area contributed by atoms with Gasteiger partial charge in [0.25, 0.3) is 0 Å². The molecular weight excluding hydrogens is 672 g/mol. The molecule has 16 heteroatoms. The smallest absolute Gasteiger partial charge is 0.408 e. The Balaban J connectivity index is 2.21. The third-order valence-electron chi connectivity index (χ3n) is 6.60. The molecule has 50 heavy (non-hydrogen) atoms. The van der Waals surface area contributed by atoms with E-state index in [1.807, 2.05) is 0 Å². The first kappa shape index (κ1) is 40.7. The topological polar surface area (TPSA) is 212 Å². The fourth-order valence-electron chi connectivity index (χ4n) is 4.19. The van der Waals surface area contributed by atoms with Crippen LogP contribution in [-0.2, 0) is 54.6 Å². The molecule has 4 N–H and O–H groups in total. The van der Waals surface area contributed by atoms with Gasteiger partial charge in [-0.25, -0.2) is 18.0 Å². The van der Waals surface area contributed by atoms with Gasteiger partial charge in [0.05, 0.1) is 25.3 Å². The summed E-state index contributed by atoms with van der Waals surface area (Å²) in [6, 6.07) is 12.6. The fourth-order valence-corrected chi connectivity index (χ4v) is 4.67. The van der Waals surface area contributed by atoms with E-state index in [0.717, 1.165) is 11.7 Å². The van der Waals surface area contributed by atoms with E-state index in [4.69, 9.17) is 14.2 Å². The van der Waals surface area contributed by atoms with Crippen LogP contribution in [0.4, 0.5) is 4.79 Å². The number of amides is 4. The number of carbonyl (C=O) groups is 6. The predicted octanol–water partition coefficient (Wildman–Crippen LogP) is 1.76. The summed E-state index contributed by atoms with van der Waals surface area (Å²) >= 11 is 0. The second kappa shape index (κ2) is 20.8. The second-order valence-corrected chi connectivity index (χ2v) is 12.6. The van der Waals surface area contributed by atoms with E-state index in [9.17, 15) is 37.2 Å². The minimum Gasteiger partial charge on any atom is -0.466 e. The Bertz CT molecular complexity index is 1630. The highest BCUT2D eigenvalue weighted by molar-refractivity contribution is 7.93. The van der Waals surface area contributed by atoms with E-state index < -0.39 is 75.8 Å². The van der Waals surface area contributed by atoms with E-state index in [2.05, 4.69) is 27.8 Å². The first-order valence-corrected chi connectivity index (χ1v) is 17.5. The molecule has 0 aliphatic rings. The summed E-state index contributed by atoms with van der Waals surface area (Å²) in [6.07, 6.45) is 1.00. The van der Waals surface area contributed by atoms with Crippen LogP contribution in [0, 0.1) is 0 Å². The molecule has 2 aromatic carbocycles. The van der Waals surface area contributed by atoms with Gasteiger partial charge in [0.15, 0.2) is 9.84 Å². The van der Waals surface area contributed by atoms with Crippen LogP contribution in [0.5, 0.6) is 0 Å². The number of carbonyl (C=O) groups excluding carboxylic acids is 6. The van der Waals surface area contributed by atoms with Gasteiger partial charge < -0.3 is 35.5 Å². The van der Waals surface area contributed by atoms with Gasteiger partial charge >= 0.3 is 18.0 Å². The first-order chi connectivity index (χ1) is 23.7. The molecule has 0 saturated carbocycles. The molecule has 3 atom stereocenters. The number of rotatable bonds is 19. The molecule has 0 bridgehead atoms. The Kier molecular flexibility index (Phi) is 16.9. The van der Waals surface area contributed by atoms with Gasteiger partial charge in [0.2, 0.25) is 17.7 Å². The zero-order valence-corrected chi connectivity index (χ0v) is 28.8. The van der Waals surface area contributed by atoms with Crippen molar-refractivity contribution in [2.75, 3.05) is 26.0 Å². The molecule has 270 valence electrons. The number of nitrogens with one attached hydrogen (secondary N) is 4. The summed E-state index contributed by atoms with van der Waals surface area (Å²) in [5, 5.41) is 10.6. The molecule has 0 aliphatic carbocycles. The van der Waals surface area contributed by atoms with Gasteiger partial charge in [-0.15, -0.1) is 0 Å². The van der Waals surface area contributed by atoms with Crippen LogP contribution in [0.1, 0.15) is 43.9 Å². The number of hydrogen-bond donors (Lipinski definition) is 4. The van der Waals surface area contributed by atoms with E-state index in [1.54, 1.807) is 62.4 Å². The Labute approximate surface area is 290 Å². The normalized spacial score (nSPS) is 12.8.